The Balaban J connectivity index is 1.53. The third-order valence-corrected chi connectivity index (χ3v) is 5.19. The molecule has 7 heteroatoms. The van der Waals surface area contributed by atoms with Gasteiger partial charge in [0.2, 0.25) is 11.8 Å². The Kier molecular flexibility index (Phi) is 5.92. The molecule has 1 saturated heterocycles. The third-order valence-electron chi connectivity index (χ3n) is 5.19. The topological polar surface area (TPSA) is 79.5 Å². The first-order valence-corrected chi connectivity index (χ1v) is 9.43. The number of carbonyl (C=O) groups is 2. The molecule has 1 aliphatic rings. The maximum atomic E-state index is 14.4. The summed E-state index contributed by atoms with van der Waals surface area (Å²) in [6.45, 7) is 2.91. The van der Waals surface area contributed by atoms with Gasteiger partial charge in [0.1, 0.15) is 11.6 Å². The summed E-state index contributed by atoms with van der Waals surface area (Å²) in [7, 11) is 1.57. The largest absolute Gasteiger partial charge is 0.384 e. The fourth-order valence-corrected chi connectivity index (χ4v) is 3.31. The van der Waals surface area contributed by atoms with E-state index in [4.69, 9.17) is 5.73 Å². The van der Waals surface area contributed by atoms with Crippen LogP contribution in [0.25, 0.3) is 0 Å². The minimum atomic E-state index is -0.414. The first-order valence-electron chi connectivity index (χ1n) is 9.43. The smallest absolute Gasteiger partial charge is 0.226 e. The van der Waals surface area contributed by atoms with Crippen LogP contribution in [0.4, 0.5) is 15.9 Å². The number of benzene rings is 1. The fraction of sp³-hybridized carbons (Fsp3) is 0.381. The van der Waals surface area contributed by atoms with E-state index in [-0.39, 0.29) is 23.4 Å². The number of halogens is 1. The molecule has 2 aromatic rings. The maximum absolute atomic E-state index is 14.4. The molecule has 0 atom stereocenters. The molecule has 0 saturated carbocycles. The number of hydrogen-bond donors (Lipinski definition) is 1. The predicted molar refractivity (Wildman–Crippen MR) is 106 cm³/mol. The van der Waals surface area contributed by atoms with Gasteiger partial charge in [0, 0.05) is 45.1 Å². The van der Waals surface area contributed by atoms with Crippen LogP contribution in [-0.2, 0) is 16.0 Å². The van der Waals surface area contributed by atoms with E-state index in [2.05, 4.69) is 4.98 Å². The number of aryl methyl sites for hydroxylation is 1. The number of pyridine rings is 1. The lowest BCUT2D eigenvalue weighted by Gasteiger charge is -2.40. The van der Waals surface area contributed by atoms with Crippen molar-refractivity contribution in [3.63, 3.8) is 0 Å². The number of aromatic nitrogens is 1. The van der Waals surface area contributed by atoms with Crippen LogP contribution in [0.15, 0.2) is 36.5 Å². The third kappa shape index (κ3) is 4.30. The molecule has 0 unspecified atom stereocenters. The first kappa shape index (κ1) is 19.8. The van der Waals surface area contributed by atoms with Gasteiger partial charge in [-0.05, 0) is 35.7 Å². The summed E-state index contributed by atoms with van der Waals surface area (Å²) in [4.78, 5) is 31.2. The Labute approximate surface area is 164 Å². The molecule has 0 radical (unpaired) electrons. The van der Waals surface area contributed by atoms with E-state index in [0.717, 1.165) is 11.1 Å². The Hall–Kier alpha value is -2.96. The average Bonchev–Trinajstić information content (AvgIpc) is 2.65. The second-order valence-corrected chi connectivity index (χ2v) is 7.10. The Morgan fingerprint density at radius 3 is 2.64 bits per heavy atom. The van der Waals surface area contributed by atoms with Crippen molar-refractivity contribution < 1.29 is 14.0 Å². The van der Waals surface area contributed by atoms with E-state index in [1.165, 1.54) is 11.0 Å². The molecule has 148 valence electrons. The Bertz CT molecular complexity index is 863. The van der Waals surface area contributed by atoms with Crippen molar-refractivity contribution >= 4 is 23.3 Å². The van der Waals surface area contributed by atoms with Gasteiger partial charge in [-0.2, -0.15) is 0 Å². The molecule has 2 amide bonds. The van der Waals surface area contributed by atoms with E-state index in [1.807, 2.05) is 12.1 Å². The van der Waals surface area contributed by atoms with E-state index < -0.39 is 5.82 Å². The highest BCUT2D eigenvalue weighted by atomic mass is 19.1. The number of nitrogens with two attached hydrogens (primary N) is 1. The zero-order valence-electron chi connectivity index (χ0n) is 16.2. The molecule has 2 N–H and O–H groups in total. The molecule has 1 aliphatic heterocycles. The summed E-state index contributed by atoms with van der Waals surface area (Å²) in [6.07, 6.45) is 3.04. The van der Waals surface area contributed by atoms with E-state index in [1.54, 1.807) is 37.2 Å². The quantitative estimate of drug-likeness (QED) is 0.831. The van der Waals surface area contributed by atoms with Gasteiger partial charge in [-0.1, -0.05) is 19.1 Å². The normalized spacial score (nSPS) is 13.9. The van der Waals surface area contributed by atoms with Gasteiger partial charge in [0.05, 0.1) is 5.69 Å². The summed E-state index contributed by atoms with van der Waals surface area (Å²) >= 11 is 0. The number of hydrogen-bond acceptors (Lipinski definition) is 4. The molecule has 0 aliphatic carbocycles. The van der Waals surface area contributed by atoms with Crippen LogP contribution in [-0.4, -0.2) is 41.8 Å². The van der Waals surface area contributed by atoms with Crippen molar-refractivity contribution in [3.05, 3.63) is 53.5 Å². The van der Waals surface area contributed by atoms with Crippen molar-refractivity contribution in [2.75, 3.05) is 30.8 Å². The zero-order chi connectivity index (χ0) is 20.3. The SMILES string of the molecule is CCC(=O)N(C)c1ccc(C2CN(C(=O)CCc3ccc(N)nc3)C2)cc1F. The van der Waals surface area contributed by atoms with Gasteiger partial charge in [-0.15, -0.1) is 0 Å². The van der Waals surface area contributed by atoms with Crippen LogP contribution in [0.5, 0.6) is 0 Å². The van der Waals surface area contributed by atoms with Gasteiger partial charge >= 0.3 is 0 Å². The number of nitrogens with zero attached hydrogens (tertiary/aromatic N) is 3. The highest BCUT2D eigenvalue weighted by Gasteiger charge is 2.32. The van der Waals surface area contributed by atoms with Gasteiger partial charge in [0.15, 0.2) is 0 Å². The highest BCUT2D eigenvalue weighted by molar-refractivity contribution is 5.92. The molecular weight excluding hydrogens is 359 g/mol. The summed E-state index contributed by atoms with van der Waals surface area (Å²) in [5, 5.41) is 0. The molecule has 1 aromatic heterocycles. The molecule has 6 nitrogen and oxygen atoms in total. The molecule has 1 aromatic carbocycles. The predicted octanol–water partition coefficient (Wildman–Crippen LogP) is 2.73. The number of nitrogen functional groups attached to an aromatic ring is 1. The van der Waals surface area contributed by atoms with Crippen LogP contribution < -0.4 is 10.6 Å². The summed E-state index contributed by atoms with van der Waals surface area (Å²) in [5.41, 5.74) is 7.66. The lowest BCUT2D eigenvalue weighted by molar-refractivity contribution is -0.135. The number of carbonyl (C=O) groups excluding carboxylic acids is 2. The van der Waals surface area contributed by atoms with Gasteiger partial charge in [-0.25, -0.2) is 9.37 Å². The number of likely N-dealkylation sites (tertiary alicyclic amines) is 1. The number of anilines is 2. The summed E-state index contributed by atoms with van der Waals surface area (Å²) in [5.74, 6) is 0.117. The highest BCUT2D eigenvalue weighted by Crippen LogP contribution is 2.30. The monoisotopic (exact) mass is 384 g/mol. The molecule has 3 rings (SSSR count). The lowest BCUT2D eigenvalue weighted by atomic mass is 9.90. The van der Waals surface area contributed by atoms with Crippen LogP contribution in [0, 0.1) is 5.82 Å². The van der Waals surface area contributed by atoms with Gasteiger partial charge < -0.3 is 15.5 Å². The Morgan fingerprint density at radius 1 is 1.29 bits per heavy atom. The second kappa shape index (κ2) is 8.37. The van der Waals surface area contributed by atoms with Crippen LogP contribution in [0.3, 0.4) is 0 Å². The standard InChI is InChI=1S/C21H25FN4O2/c1-3-20(27)25(2)18-7-6-15(10-17(18)22)16-12-26(13-16)21(28)9-5-14-4-8-19(23)24-11-14/h4,6-8,10-11,16H,3,5,9,12-13H2,1-2H3,(H2,23,24). The summed E-state index contributed by atoms with van der Waals surface area (Å²) in [6, 6.07) is 8.55. The van der Waals surface area contributed by atoms with Gasteiger partial charge in [0.25, 0.3) is 0 Å². The molecule has 0 spiro atoms. The van der Waals surface area contributed by atoms with E-state index in [0.29, 0.717) is 38.2 Å². The van der Waals surface area contributed by atoms with Crippen molar-refractivity contribution in [1.82, 2.24) is 9.88 Å². The first-order chi connectivity index (χ1) is 13.4. The molecule has 1 fully saturated rings. The van der Waals surface area contributed by atoms with Crippen molar-refractivity contribution in [2.45, 2.75) is 32.1 Å². The summed E-state index contributed by atoms with van der Waals surface area (Å²) < 4.78 is 14.4. The van der Waals surface area contributed by atoms with Crippen molar-refractivity contribution in [3.8, 4) is 0 Å². The number of amides is 2. The minimum absolute atomic E-state index is 0.0819. The average molecular weight is 384 g/mol. The van der Waals surface area contributed by atoms with E-state index in [9.17, 15) is 14.0 Å². The maximum Gasteiger partial charge on any atom is 0.226 e. The fourth-order valence-electron chi connectivity index (χ4n) is 3.31. The minimum Gasteiger partial charge on any atom is -0.384 e. The number of rotatable bonds is 6. The van der Waals surface area contributed by atoms with Gasteiger partial charge in [-0.3, -0.25) is 9.59 Å². The van der Waals surface area contributed by atoms with Crippen LogP contribution >= 0.6 is 0 Å². The molecule has 0 bridgehead atoms. The van der Waals surface area contributed by atoms with E-state index >= 15 is 0 Å². The molecular formula is C21H25FN4O2. The Morgan fingerprint density at radius 2 is 2.04 bits per heavy atom. The van der Waals surface area contributed by atoms with Crippen molar-refractivity contribution in [2.24, 2.45) is 0 Å². The zero-order valence-corrected chi connectivity index (χ0v) is 16.2. The van der Waals surface area contributed by atoms with Crippen LogP contribution in [0.2, 0.25) is 0 Å². The molecule has 2 heterocycles. The van der Waals surface area contributed by atoms with Crippen molar-refractivity contribution in [1.29, 1.82) is 0 Å². The molecule has 28 heavy (non-hydrogen) atoms. The second-order valence-electron chi connectivity index (χ2n) is 7.10. The lowest BCUT2D eigenvalue weighted by Crippen LogP contribution is -2.48. The van der Waals surface area contributed by atoms with Crippen LogP contribution in [0.1, 0.15) is 36.8 Å².